The molecule has 2 rings (SSSR count). The summed E-state index contributed by atoms with van der Waals surface area (Å²) in [5, 5.41) is 7.90. The second kappa shape index (κ2) is 7.43. The minimum Gasteiger partial charge on any atom is -0.425 e. The predicted octanol–water partition coefficient (Wildman–Crippen LogP) is 4.97. The summed E-state index contributed by atoms with van der Waals surface area (Å²) < 4.78 is 46.9. The second-order valence-corrected chi connectivity index (χ2v) is 5.23. The fraction of sp³-hybridized carbons (Fsp3) is 0.235. The van der Waals surface area contributed by atoms with Gasteiger partial charge in [-0.15, -0.1) is 13.2 Å². The maximum atomic E-state index is 12.7. The van der Waals surface area contributed by atoms with E-state index in [1.807, 2.05) is 6.07 Å². The van der Waals surface area contributed by atoms with Gasteiger partial charge in [-0.05, 0) is 37.3 Å². The van der Waals surface area contributed by atoms with Gasteiger partial charge in [-0.3, -0.25) is 0 Å². The van der Waals surface area contributed by atoms with Crippen LogP contribution in [0.5, 0.6) is 0 Å². The van der Waals surface area contributed by atoms with Gasteiger partial charge in [-0.25, -0.2) is 9.53 Å². The summed E-state index contributed by atoms with van der Waals surface area (Å²) in [7, 11) is 0. The fourth-order valence-corrected chi connectivity index (χ4v) is 1.89. The van der Waals surface area contributed by atoms with Gasteiger partial charge in [0.05, 0.1) is 11.4 Å². The van der Waals surface area contributed by atoms with Crippen LogP contribution in [0.4, 0.5) is 18.9 Å². The van der Waals surface area contributed by atoms with Crippen LogP contribution in [0.25, 0.3) is 0 Å². The summed E-state index contributed by atoms with van der Waals surface area (Å²) >= 11 is 0. The summed E-state index contributed by atoms with van der Waals surface area (Å²) in [6.07, 6.45) is -1.79. The molecule has 1 aliphatic rings. The molecule has 1 unspecified atom stereocenters. The lowest BCUT2D eigenvalue weighted by molar-refractivity contribution is -0.395. The van der Waals surface area contributed by atoms with Crippen LogP contribution in [-0.4, -0.2) is 18.1 Å². The van der Waals surface area contributed by atoms with E-state index in [9.17, 15) is 18.0 Å². The van der Waals surface area contributed by atoms with Crippen LogP contribution in [0.3, 0.4) is 0 Å². The molecule has 0 saturated carbocycles. The summed E-state index contributed by atoms with van der Waals surface area (Å²) in [6.45, 7) is 4.67. The highest BCUT2D eigenvalue weighted by Gasteiger charge is 2.45. The predicted molar refractivity (Wildman–Crippen MR) is 83.6 cm³/mol. The molecule has 0 saturated heterocycles. The summed E-state index contributed by atoms with van der Waals surface area (Å²) in [6, 6.07) is 8.82. The maximum absolute atomic E-state index is 12.7. The van der Waals surface area contributed by atoms with Gasteiger partial charge in [0, 0.05) is 12.0 Å². The number of esters is 1. The summed E-state index contributed by atoms with van der Waals surface area (Å²) in [4.78, 5) is 11.6. The van der Waals surface area contributed by atoms with E-state index in [0.717, 1.165) is 6.08 Å². The Morgan fingerprint density at radius 2 is 1.92 bits per heavy atom. The van der Waals surface area contributed by atoms with Crippen LogP contribution >= 0.6 is 0 Å². The number of carbonyl (C=O) groups excluding carboxylic acids is 1. The Morgan fingerprint density at radius 1 is 1.24 bits per heavy atom. The van der Waals surface area contributed by atoms with Crippen molar-refractivity contribution in [1.29, 1.82) is 0 Å². The molecule has 0 radical (unpaired) electrons. The first-order chi connectivity index (χ1) is 11.7. The van der Waals surface area contributed by atoms with Crippen molar-refractivity contribution in [2.45, 2.75) is 25.5 Å². The molecule has 1 aliphatic carbocycles. The van der Waals surface area contributed by atoms with Crippen molar-refractivity contribution in [2.24, 2.45) is 10.2 Å². The number of benzene rings is 1. The second-order valence-electron chi connectivity index (χ2n) is 5.23. The highest BCUT2D eigenvalue weighted by atomic mass is 19.4. The molecule has 0 aliphatic heterocycles. The molecule has 0 bridgehead atoms. The lowest BCUT2D eigenvalue weighted by Gasteiger charge is -2.31. The number of carbonyl (C=O) groups is 1. The number of rotatable bonds is 5. The van der Waals surface area contributed by atoms with Crippen molar-refractivity contribution in [3.8, 4) is 0 Å². The Kier molecular flexibility index (Phi) is 5.53. The van der Waals surface area contributed by atoms with E-state index in [2.05, 4.69) is 21.5 Å². The zero-order chi connectivity index (χ0) is 18.5. The molecule has 1 aromatic rings. The van der Waals surface area contributed by atoms with Crippen molar-refractivity contribution in [3.63, 3.8) is 0 Å². The lowest BCUT2D eigenvalue weighted by Crippen LogP contribution is -2.41. The molecule has 1 atom stereocenters. The summed E-state index contributed by atoms with van der Waals surface area (Å²) in [5.41, 5.74) is 0.864. The molecule has 25 heavy (non-hydrogen) atoms. The molecule has 5 nitrogen and oxygen atoms in total. The SMILES string of the molecule is C=C(C)C(=O)OC1(OC(F)(F)F)C=CC(N=Nc2ccccc2)=CC1. The first-order valence-corrected chi connectivity index (χ1v) is 7.21. The van der Waals surface area contributed by atoms with Crippen molar-refractivity contribution >= 4 is 11.7 Å². The molecule has 0 spiro atoms. The normalized spacial score (nSPS) is 20.4. The van der Waals surface area contributed by atoms with E-state index >= 15 is 0 Å². The Bertz CT molecular complexity index is 739. The third kappa shape index (κ3) is 5.68. The monoisotopic (exact) mass is 352 g/mol. The Balaban J connectivity index is 2.15. The standard InChI is InChI=1S/C17H15F3N2O3/c1-12(2)15(23)24-16(25-17(18,19)20)10-8-14(9-11-16)22-21-13-6-4-3-5-7-13/h3-10H,1,11H2,2H3. The lowest BCUT2D eigenvalue weighted by atomic mass is 10.1. The van der Waals surface area contributed by atoms with Crippen LogP contribution in [0.1, 0.15) is 13.3 Å². The van der Waals surface area contributed by atoms with Gasteiger partial charge in [0.25, 0.3) is 0 Å². The van der Waals surface area contributed by atoms with Crippen LogP contribution in [0.2, 0.25) is 0 Å². The highest BCUT2D eigenvalue weighted by Crippen LogP contribution is 2.34. The van der Waals surface area contributed by atoms with E-state index < -0.39 is 18.1 Å². The van der Waals surface area contributed by atoms with Crippen LogP contribution in [0.15, 0.2) is 76.6 Å². The third-order valence-electron chi connectivity index (χ3n) is 3.04. The molecule has 8 heteroatoms. The minimum absolute atomic E-state index is 0.0444. The smallest absolute Gasteiger partial charge is 0.425 e. The van der Waals surface area contributed by atoms with E-state index in [4.69, 9.17) is 4.74 Å². The largest absolute Gasteiger partial charge is 0.526 e. The van der Waals surface area contributed by atoms with Gasteiger partial charge < -0.3 is 4.74 Å². The number of hydrogen-bond acceptors (Lipinski definition) is 5. The van der Waals surface area contributed by atoms with Crippen LogP contribution in [0, 0.1) is 0 Å². The number of hydrogen-bond donors (Lipinski definition) is 0. The molecular formula is C17H15F3N2O3. The molecule has 0 heterocycles. The zero-order valence-corrected chi connectivity index (χ0v) is 13.3. The summed E-state index contributed by atoms with van der Waals surface area (Å²) in [5.74, 6) is -3.28. The zero-order valence-electron chi connectivity index (χ0n) is 13.3. The van der Waals surface area contributed by atoms with Crippen molar-refractivity contribution in [1.82, 2.24) is 0 Å². The van der Waals surface area contributed by atoms with Gasteiger partial charge in [-0.2, -0.15) is 10.2 Å². The number of halogens is 3. The molecule has 0 amide bonds. The third-order valence-corrected chi connectivity index (χ3v) is 3.04. The van der Waals surface area contributed by atoms with E-state index in [1.54, 1.807) is 24.3 Å². The van der Waals surface area contributed by atoms with Gasteiger partial charge in [0.2, 0.25) is 5.79 Å². The number of allylic oxidation sites excluding steroid dienone is 1. The van der Waals surface area contributed by atoms with Crippen molar-refractivity contribution < 1.29 is 27.4 Å². The van der Waals surface area contributed by atoms with Crippen molar-refractivity contribution in [3.05, 3.63) is 66.4 Å². The van der Waals surface area contributed by atoms with E-state index in [1.165, 1.54) is 19.1 Å². The Labute approximate surface area is 142 Å². The fourth-order valence-electron chi connectivity index (χ4n) is 1.89. The molecule has 0 aromatic heterocycles. The van der Waals surface area contributed by atoms with Crippen LogP contribution < -0.4 is 0 Å². The molecular weight excluding hydrogens is 337 g/mol. The average Bonchev–Trinajstić information content (AvgIpc) is 2.53. The van der Waals surface area contributed by atoms with E-state index in [-0.39, 0.29) is 12.0 Å². The average molecular weight is 352 g/mol. The van der Waals surface area contributed by atoms with Gasteiger partial charge in [-0.1, -0.05) is 24.8 Å². The molecule has 132 valence electrons. The van der Waals surface area contributed by atoms with Crippen LogP contribution in [-0.2, 0) is 14.3 Å². The Morgan fingerprint density at radius 3 is 2.44 bits per heavy atom. The number of alkyl halides is 3. The number of azo groups is 1. The first kappa shape index (κ1) is 18.6. The molecule has 0 fully saturated rings. The quantitative estimate of drug-likeness (QED) is 0.325. The van der Waals surface area contributed by atoms with Gasteiger partial charge >= 0.3 is 12.3 Å². The Hall–Kier alpha value is -2.74. The molecule has 0 N–H and O–H groups in total. The van der Waals surface area contributed by atoms with Gasteiger partial charge in [0.15, 0.2) is 0 Å². The van der Waals surface area contributed by atoms with Crippen molar-refractivity contribution in [2.75, 3.05) is 0 Å². The highest BCUT2D eigenvalue weighted by molar-refractivity contribution is 5.87. The first-order valence-electron chi connectivity index (χ1n) is 7.21. The molecule has 1 aromatic carbocycles. The van der Waals surface area contributed by atoms with Gasteiger partial charge in [0.1, 0.15) is 0 Å². The number of ether oxygens (including phenoxy) is 2. The minimum atomic E-state index is -4.99. The van der Waals surface area contributed by atoms with E-state index in [0.29, 0.717) is 11.4 Å². The number of nitrogens with zero attached hydrogens (tertiary/aromatic N) is 2. The topological polar surface area (TPSA) is 60.2 Å². The maximum Gasteiger partial charge on any atom is 0.526 e.